The lowest BCUT2D eigenvalue weighted by Crippen LogP contribution is -2.56. The zero-order valence-electron chi connectivity index (χ0n) is 17.8. The van der Waals surface area contributed by atoms with Crippen molar-refractivity contribution in [1.29, 1.82) is 5.26 Å². The lowest BCUT2D eigenvalue weighted by Gasteiger charge is -2.43. The van der Waals surface area contributed by atoms with Crippen LogP contribution in [0.4, 0.5) is 21.2 Å². The maximum atomic E-state index is 12.6. The number of fused-ring (bicyclic) bond motifs is 2. The maximum absolute atomic E-state index is 12.6. The van der Waals surface area contributed by atoms with E-state index in [-0.39, 0.29) is 12.6 Å². The number of pyridine rings is 2. The van der Waals surface area contributed by atoms with Crippen LogP contribution in [-0.4, -0.2) is 46.9 Å². The maximum Gasteiger partial charge on any atom is 0.416 e. The lowest BCUT2D eigenvalue weighted by atomic mass is 9.75. The fraction of sp³-hybridized carbons (Fsp3) is 0.435. The molecule has 2 N–H and O–H groups in total. The number of anilines is 2. The van der Waals surface area contributed by atoms with Crippen LogP contribution in [-0.2, 0) is 28.9 Å². The predicted molar refractivity (Wildman–Crippen MR) is 115 cm³/mol. The second kappa shape index (κ2) is 7.42. The van der Waals surface area contributed by atoms with Gasteiger partial charge < -0.3 is 14.8 Å². The van der Waals surface area contributed by atoms with Crippen molar-refractivity contribution in [2.45, 2.75) is 43.9 Å². The molecule has 2 aromatic heterocycles. The van der Waals surface area contributed by atoms with E-state index in [1.165, 1.54) is 10.5 Å². The molecule has 0 aromatic carbocycles. The molecule has 1 saturated heterocycles. The van der Waals surface area contributed by atoms with E-state index in [0.717, 1.165) is 43.4 Å². The molecule has 33 heavy (non-hydrogen) atoms. The molecule has 1 unspecified atom stereocenters. The van der Waals surface area contributed by atoms with Gasteiger partial charge in [0.15, 0.2) is 0 Å². The summed E-state index contributed by atoms with van der Waals surface area (Å²) in [6.45, 7) is 1.45. The Kier molecular flexibility index (Phi) is 4.48. The van der Waals surface area contributed by atoms with Crippen molar-refractivity contribution < 1.29 is 19.1 Å². The molecule has 0 radical (unpaired) electrons. The third kappa shape index (κ3) is 3.45. The van der Waals surface area contributed by atoms with Gasteiger partial charge in [0.25, 0.3) is 0 Å². The molecule has 2 amide bonds. The van der Waals surface area contributed by atoms with E-state index in [4.69, 9.17) is 9.47 Å². The van der Waals surface area contributed by atoms with Gasteiger partial charge in [0.1, 0.15) is 35.6 Å². The Morgan fingerprint density at radius 1 is 1.24 bits per heavy atom. The number of amides is 2. The van der Waals surface area contributed by atoms with E-state index in [1.807, 2.05) is 6.07 Å². The minimum Gasteiger partial charge on any atom is -0.444 e. The Hall–Kier alpha value is -3.71. The molecule has 1 atom stereocenters. The smallest absolute Gasteiger partial charge is 0.416 e. The van der Waals surface area contributed by atoms with Crippen molar-refractivity contribution >= 4 is 23.8 Å². The Balaban J connectivity index is 1.05. The van der Waals surface area contributed by atoms with Crippen molar-refractivity contribution in [3.8, 4) is 6.07 Å². The highest BCUT2D eigenvalue weighted by molar-refractivity contribution is 5.91. The average molecular weight is 446 g/mol. The Bertz CT molecular complexity index is 1200. The number of nitriles is 1. The normalized spacial score (nSPS) is 27.2. The fourth-order valence-electron chi connectivity index (χ4n) is 5.32. The summed E-state index contributed by atoms with van der Waals surface area (Å²) in [5.41, 5.74) is 3.10. The van der Waals surface area contributed by atoms with Crippen LogP contribution in [0, 0.1) is 17.2 Å². The van der Waals surface area contributed by atoms with E-state index >= 15 is 0 Å². The SMILES string of the molecule is N#Cc1nccc2c1CC(CNC1CC3(C1)CN(c1ccc4c(n1)NC(=O)OC4)C(=O)O3)C2. The topological polar surface area (TPSA) is 129 Å². The number of nitrogens with zero attached hydrogens (tertiary/aromatic N) is 4. The monoisotopic (exact) mass is 446 g/mol. The highest BCUT2D eigenvalue weighted by atomic mass is 16.6. The van der Waals surface area contributed by atoms with Gasteiger partial charge >= 0.3 is 12.2 Å². The molecular weight excluding hydrogens is 424 g/mol. The van der Waals surface area contributed by atoms with Crippen LogP contribution in [0.15, 0.2) is 24.4 Å². The predicted octanol–water partition coefficient (Wildman–Crippen LogP) is 2.27. The molecular formula is C23H22N6O4. The first-order valence-electron chi connectivity index (χ1n) is 11.1. The van der Waals surface area contributed by atoms with Crippen LogP contribution in [0.25, 0.3) is 0 Å². The Labute approximate surface area is 189 Å². The fourth-order valence-corrected chi connectivity index (χ4v) is 5.32. The second-order valence-electron chi connectivity index (χ2n) is 9.21. The Morgan fingerprint density at radius 3 is 2.97 bits per heavy atom. The van der Waals surface area contributed by atoms with E-state index in [1.54, 1.807) is 18.3 Å². The van der Waals surface area contributed by atoms with Crippen LogP contribution in [0.5, 0.6) is 0 Å². The zero-order chi connectivity index (χ0) is 22.6. The quantitative estimate of drug-likeness (QED) is 0.732. The average Bonchev–Trinajstić information content (AvgIpc) is 3.37. The first-order chi connectivity index (χ1) is 16.0. The molecule has 0 bridgehead atoms. The summed E-state index contributed by atoms with van der Waals surface area (Å²) in [5.74, 6) is 1.31. The molecule has 1 spiro atoms. The van der Waals surface area contributed by atoms with E-state index in [9.17, 15) is 14.9 Å². The third-order valence-electron chi connectivity index (χ3n) is 6.98. The first-order valence-corrected chi connectivity index (χ1v) is 11.1. The number of ether oxygens (including phenoxy) is 2. The van der Waals surface area contributed by atoms with Gasteiger partial charge in [-0.15, -0.1) is 0 Å². The number of carbonyl (C=O) groups excluding carboxylic acids is 2. The molecule has 2 aliphatic heterocycles. The number of rotatable bonds is 4. The van der Waals surface area contributed by atoms with Gasteiger partial charge in [-0.25, -0.2) is 19.6 Å². The molecule has 168 valence electrons. The van der Waals surface area contributed by atoms with Gasteiger partial charge in [0.2, 0.25) is 0 Å². The first kappa shape index (κ1) is 19.9. The van der Waals surface area contributed by atoms with Crippen molar-refractivity contribution in [2.24, 2.45) is 5.92 Å². The number of hydrogen-bond donors (Lipinski definition) is 2. The molecule has 10 heteroatoms. The molecule has 2 fully saturated rings. The molecule has 2 aromatic rings. The molecule has 6 rings (SSSR count). The highest BCUT2D eigenvalue weighted by Gasteiger charge is 2.54. The molecule has 10 nitrogen and oxygen atoms in total. The van der Waals surface area contributed by atoms with Gasteiger partial charge in [0.05, 0.1) is 6.54 Å². The molecule has 4 heterocycles. The summed E-state index contributed by atoms with van der Waals surface area (Å²) in [7, 11) is 0. The summed E-state index contributed by atoms with van der Waals surface area (Å²) in [4.78, 5) is 34.2. The van der Waals surface area contributed by atoms with Crippen LogP contribution >= 0.6 is 0 Å². The van der Waals surface area contributed by atoms with Gasteiger partial charge in [-0.3, -0.25) is 10.2 Å². The van der Waals surface area contributed by atoms with Crippen LogP contribution in [0.1, 0.15) is 35.2 Å². The minimum absolute atomic E-state index is 0.163. The highest BCUT2D eigenvalue weighted by Crippen LogP contribution is 2.42. The number of cyclic esters (lactones) is 1. The molecule has 2 aliphatic carbocycles. The van der Waals surface area contributed by atoms with Gasteiger partial charge in [0, 0.05) is 30.6 Å². The van der Waals surface area contributed by atoms with Gasteiger partial charge in [-0.05, 0) is 54.6 Å². The minimum atomic E-state index is -0.550. The van der Waals surface area contributed by atoms with Crippen molar-refractivity contribution in [3.05, 3.63) is 46.8 Å². The molecule has 4 aliphatic rings. The van der Waals surface area contributed by atoms with Crippen molar-refractivity contribution in [1.82, 2.24) is 15.3 Å². The summed E-state index contributed by atoms with van der Waals surface area (Å²) < 4.78 is 10.7. The van der Waals surface area contributed by atoms with Crippen LogP contribution in [0.2, 0.25) is 0 Å². The van der Waals surface area contributed by atoms with E-state index in [2.05, 4.69) is 26.7 Å². The summed E-state index contributed by atoms with van der Waals surface area (Å²) in [6.07, 6.45) is 4.05. The summed E-state index contributed by atoms with van der Waals surface area (Å²) in [6, 6.07) is 8.03. The van der Waals surface area contributed by atoms with Crippen molar-refractivity contribution in [2.75, 3.05) is 23.3 Å². The van der Waals surface area contributed by atoms with Crippen LogP contribution < -0.4 is 15.5 Å². The zero-order valence-corrected chi connectivity index (χ0v) is 17.8. The summed E-state index contributed by atoms with van der Waals surface area (Å²) >= 11 is 0. The van der Waals surface area contributed by atoms with Gasteiger partial charge in [-0.1, -0.05) is 0 Å². The summed E-state index contributed by atoms with van der Waals surface area (Å²) in [5, 5.41) is 15.4. The molecule has 1 saturated carbocycles. The number of nitrogens with one attached hydrogen (secondary N) is 2. The van der Waals surface area contributed by atoms with E-state index < -0.39 is 17.8 Å². The number of hydrogen-bond acceptors (Lipinski definition) is 8. The number of carbonyl (C=O) groups is 2. The third-order valence-corrected chi connectivity index (χ3v) is 6.98. The lowest BCUT2D eigenvalue weighted by molar-refractivity contribution is -0.0298. The van der Waals surface area contributed by atoms with Crippen molar-refractivity contribution in [3.63, 3.8) is 0 Å². The number of aromatic nitrogens is 2. The largest absolute Gasteiger partial charge is 0.444 e. The van der Waals surface area contributed by atoms with Crippen LogP contribution in [0.3, 0.4) is 0 Å². The Morgan fingerprint density at radius 2 is 2.12 bits per heavy atom. The van der Waals surface area contributed by atoms with E-state index in [0.29, 0.717) is 29.8 Å². The standard InChI is InChI=1S/C23H22N6O4/c24-9-18-17-6-13(5-14(17)3-4-25-18)10-26-16-7-23(8-16)12-29(22(31)33-23)19-2-1-15-11-32-21(30)28-20(15)27-19/h1-4,13,16,26H,5-8,10-12H2,(H,27,28,30). The second-order valence-corrected chi connectivity index (χ2v) is 9.21. The van der Waals surface area contributed by atoms with Gasteiger partial charge in [-0.2, -0.15) is 5.26 Å².